The largest absolute Gasteiger partial charge is 0.385 e. The molecule has 0 bridgehead atoms. The van der Waals surface area contributed by atoms with Gasteiger partial charge in [0.15, 0.2) is 0 Å². The molecule has 116 valence electrons. The van der Waals surface area contributed by atoms with Crippen LogP contribution in [0.1, 0.15) is 88.2 Å². The fourth-order valence-electron chi connectivity index (χ4n) is 4.36. The first kappa shape index (κ1) is 15.1. The Morgan fingerprint density at radius 3 is 2.57 bits per heavy atom. The Kier molecular flexibility index (Phi) is 4.69. The molecule has 1 aromatic carbocycles. The molecule has 2 unspecified atom stereocenters. The van der Waals surface area contributed by atoms with Crippen molar-refractivity contribution in [2.75, 3.05) is 0 Å². The Labute approximate surface area is 129 Å². The third kappa shape index (κ3) is 3.18. The SMILES string of the molecule is CCCC1CCCC(O)(c2ccccc2C2CCC2)CC1. The average molecular weight is 286 g/mol. The van der Waals surface area contributed by atoms with Gasteiger partial charge >= 0.3 is 0 Å². The quantitative estimate of drug-likeness (QED) is 0.722. The highest BCUT2D eigenvalue weighted by Gasteiger charge is 2.36. The average Bonchev–Trinajstić information content (AvgIpc) is 2.61. The highest BCUT2D eigenvalue weighted by molar-refractivity contribution is 5.36. The molecule has 1 nitrogen and oxygen atoms in total. The molecular weight excluding hydrogens is 256 g/mol. The molecule has 1 aromatic rings. The third-order valence-corrected chi connectivity index (χ3v) is 5.87. The van der Waals surface area contributed by atoms with Crippen LogP contribution in [-0.2, 0) is 5.60 Å². The van der Waals surface area contributed by atoms with Crippen LogP contribution in [0.3, 0.4) is 0 Å². The van der Waals surface area contributed by atoms with E-state index in [0.29, 0.717) is 5.92 Å². The van der Waals surface area contributed by atoms with Crippen molar-refractivity contribution >= 4 is 0 Å². The molecular formula is C20H30O. The maximum atomic E-state index is 11.4. The summed E-state index contributed by atoms with van der Waals surface area (Å²) in [5.41, 5.74) is 2.14. The minimum atomic E-state index is -0.561. The van der Waals surface area contributed by atoms with E-state index in [-0.39, 0.29) is 0 Å². The second kappa shape index (κ2) is 6.52. The zero-order valence-corrected chi connectivity index (χ0v) is 13.5. The van der Waals surface area contributed by atoms with Gasteiger partial charge in [0.05, 0.1) is 5.60 Å². The molecule has 21 heavy (non-hydrogen) atoms. The van der Waals surface area contributed by atoms with Crippen LogP contribution >= 0.6 is 0 Å². The van der Waals surface area contributed by atoms with Crippen molar-refractivity contribution < 1.29 is 5.11 Å². The molecule has 0 aliphatic heterocycles. The van der Waals surface area contributed by atoms with E-state index >= 15 is 0 Å². The fourth-order valence-corrected chi connectivity index (χ4v) is 4.36. The Bertz CT molecular complexity index is 463. The predicted octanol–water partition coefficient (Wildman–Crippen LogP) is 5.52. The summed E-state index contributed by atoms with van der Waals surface area (Å²) in [4.78, 5) is 0. The summed E-state index contributed by atoms with van der Waals surface area (Å²) in [5.74, 6) is 1.54. The first-order valence-corrected chi connectivity index (χ1v) is 9.05. The van der Waals surface area contributed by atoms with Crippen LogP contribution in [0.5, 0.6) is 0 Å². The molecule has 2 fully saturated rings. The lowest BCUT2D eigenvalue weighted by Crippen LogP contribution is -2.28. The number of benzene rings is 1. The second-order valence-corrected chi connectivity index (χ2v) is 7.33. The van der Waals surface area contributed by atoms with E-state index in [1.807, 2.05) is 0 Å². The van der Waals surface area contributed by atoms with Crippen LogP contribution in [-0.4, -0.2) is 5.11 Å². The van der Waals surface area contributed by atoms with E-state index in [4.69, 9.17) is 0 Å². The Morgan fingerprint density at radius 1 is 1.05 bits per heavy atom. The van der Waals surface area contributed by atoms with Gasteiger partial charge < -0.3 is 5.11 Å². The van der Waals surface area contributed by atoms with Crippen molar-refractivity contribution in [3.05, 3.63) is 35.4 Å². The Balaban J connectivity index is 1.81. The van der Waals surface area contributed by atoms with Crippen molar-refractivity contribution in [2.24, 2.45) is 5.92 Å². The van der Waals surface area contributed by atoms with E-state index in [1.165, 1.54) is 62.5 Å². The molecule has 1 heteroatoms. The second-order valence-electron chi connectivity index (χ2n) is 7.33. The molecule has 3 rings (SSSR count). The number of rotatable bonds is 4. The third-order valence-electron chi connectivity index (χ3n) is 5.87. The summed E-state index contributed by atoms with van der Waals surface area (Å²) in [6, 6.07) is 8.74. The van der Waals surface area contributed by atoms with Gasteiger partial charge in [-0.2, -0.15) is 0 Å². The molecule has 0 radical (unpaired) electrons. The van der Waals surface area contributed by atoms with Crippen LogP contribution in [0.15, 0.2) is 24.3 Å². The molecule has 0 saturated heterocycles. The Hall–Kier alpha value is -0.820. The van der Waals surface area contributed by atoms with Crippen LogP contribution < -0.4 is 0 Å². The lowest BCUT2D eigenvalue weighted by molar-refractivity contribution is 0.0180. The van der Waals surface area contributed by atoms with Crippen molar-refractivity contribution in [3.63, 3.8) is 0 Å². The van der Waals surface area contributed by atoms with E-state index < -0.39 is 5.60 Å². The van der Waals surface area contributed by atoms with E-state index in [9.17, 15) is 5.11 Å². The maximum Gasteiger partial charge on any atom is 0.0899 e. The van der Waals surface area contributed by atoms with Gasteiger partial charge in [-0.15, -0.1) is 0 Å². The summed E-state index contributed by atoms with van der Waals surface area (Å²) in [6.45, 7) is 2.28. The van der Waals surface area contributed by atoms with Gasteiger partial charge in [0.2, 0.25) is 0 Å². The van der Waals surface area contributed by atoms with Gasteiger partial charge in [-0.3, -0.25) is 0 Å². The summed E-state index contributed by atoms with van der Waals surface area (Å²) in [6.07, 6.45) is 12.2. The van der Waals surface area contributed by atoms with Crippen LogP contribution in [0.25, 0.3) is 0 Å². The Morgan fingerprint density at radius 2 is 1.86 bits per heavy atom. The highest BCUT2D eigenvalue weighted by Crippen LogP contribution is 2.45. The normalized spacial score (nSPS) is 30.7. The molecule has 2 aliphatic rings. The smallest absolute Gasteiger partial charge is 0.0899 e. The van der Waals surface area contributed by atoms with Gasteiger partial charge in [-0.25, -0.2) is 0 Å². The zero-order chi connectivity index (χ0) is 14.7. The van der Waals surface area contributed by atoms with Gasteiger partial charge in [0.25, 0.3) is 0 Å². The van der Waals surface area contributed by atoms with E-state index in [1.54, 1.807) is 0 Å². The van der Waals surface area contributed by atoms with E-state index in [0.717, 1.165) is 18.8 Å². The number of aliphatic hydroxyl groups is 1. The summed E-state index contributed by atoms with van der Waals surface area (Å²) in [7, 11) is 0. The van der Waals surface area contributed by atoms with Gasteiger partial charge in [-0.05, 0) is 61.5 Å². The molecule has 0 heterocycles. The van der Waals surface area contributed by atoms with Crippen LogP contribution in [0.2, 0.25) is 0 Å². The highest BCUT2D eigenvalue weighted by atomic mass is 16.3. The minimum Gasteiger partial charge on any atom is -0.385 e. The summed E-state index contributed by atoms with van der Waals surface area (Å²) >= 11 is 0. The van der Waals surface area contributed by atoms with Crippen molar-refractivity contribution in [3.8, 4) is 0 Å². The van der Waals surface area contributed by atoms with Crippen LogP contribution in [0, 0.1) is 5.92 Å². The first-order valence-electron chi connectivity index (χ1n) is 9.05. The van der Waals surface area contributed by atoms with Crippen LogP contribution in [0.4, 0.5) is 0 Å². The van der Waals surface area contributed by atoms with Gasteiger partial charge in [0.1, 0.15) is 0 Å². The molecule has 0 aromatic heterocycles. The summed E-state index contributed by atoms with van der Waals surface area (Å²) < 4.78 is 0. The minimum absolute atomic E-state index is 0.561. The molecule has 2 aliphatic carbocycles. The lowest BCUT2D eigenvalue weighted by Gasteiger charge is -2.35. The van der Waals surface area contributed by atoms with Crippen molar-refractivity contribution in [1.82, 2.24) is 0 Å². The fraction of sp³-hybridized carbons (Fsp3) is 0.700. The van der Waals surface area contributed by atoms with Crippen molar-refractivity contribution in [2.45, 2.75) is 82.7 Å². The summed E-state index contributed by atoms with van der Waals surface area (Å²) in [5, 5.41) is 11.4. The molecule has 1 N–H and O–H groups in total. The zero-order valence-electron chi connectivity index (χ0n) is 13.5. The standard InChI is InChI=1S/C20H30O/c1-2-7-16-8-6-14-20(21,15-13-16)19-12-4-3-11-18(19)17-9-5-10-17/h3-4,11-12,16-17,21H,2,5-10,13-15H2,1H3. The molecule has 0 amide bonds. The topological polar surface area (TPSA) is 20.2 Å². The molecule has 2 atom stereocenters. The van der Waals surface area contributed by atoms with Gasteiger partial charge in [0, 0.05) is 0 Å². The first-order chi connectivity index (χ1) is 10.2. The maximum absolute atomic E-state index is 11.4. The van der Waals surface area contributed by atoms with Gasteiger partial charge in [-0.1, -0.05) is 56.9 Å². The molecule has 0 spiro atoms. The predicted molar refractivity (Wildman–Crippen MR) is 88.4 cm³/mol. The lowest BCUT2D eigenvalue weighted by atomic mass is 9.73. The van der Waals surface area contributed by atoms with E-state index in [2.05, 4.69) is 31.2 Å². The monoisotopic (exact) mass is 286 g/mol. The number of hydrogen-bond acceptors (Lipinski definition) is 1. The number of hydrogen-bond donors (Lipinski definition) is 1. The molecule has 2 saturated carbocycles. The van der Waals surface area contributed by atoms with Crippen molar-refractivity contribution in [1.29, 1.82) is 0 Å².